The molecule has 0 aliphatic carbocycles. The van der Waals surface area contributed by atoms with Crippen LogP contribution in [0, 0.1) is 0 Å². The number of quaternary nitrogens is 1. The maximum absolute atomic E-state index is 11.0. The Hall–Kier alpha value is -0.760. The van der Waals surface area contributed by atoms with Crippen LogP contribution in [0.1, 0.15) is 0 Å². The monoisotopic (exact) mass is 238 g/mol. The van der Waals surface area contributed by atoms with E-state index < -0.39 is 10.1 Å². The van der Waals surface area contributed by atoms with Crippen molar-refractivity contribution >= 4 is 16.0 Å². The summed E-state index contributed by atoms with van der Waals surface area (Å²) in [6.07, 6.45) is 1.93. The number of rotatable bonds is 3. The molecule has 0 rings (SSSR count). The van der Waals surface area contributed by atoms with E-state index in [0.29, 0.717) is 23.8 Å². The van der Waals surface area contributed by atoms with Crippen LogP contribution in [0.2, 0.25) is 0 Å². The van der Waals surface area contributed by atoms with E-state index in [1.54, 1.807) is 0 Å². The quantitative estimate of drug-likeness (QED) is 0.382. The summed E-state index contributed by atoms with van der Waals surface area (Å²) in [4.78, 5) is 11.0. The average Bonchev–Trinajstić information content (AvgIpc) is 1.99. The molecule has 0 saturated carbocycles. The second-order valence-corrected chi connectivity index (χ2v) is 4.85. The Morgan fingerprint density at radius 3 is 2.07 bits per heavy atom. The highest BCUT2D eigenvalue weighted by Crippen LogP contribution is 1.96. The number of hydrogen-bond donors (Lipinski definition) is 1. The van der Waals surface area contributed by atoms with E-state index in [2.05, 4.69) is 6.58 Å². The van der Waals surface area contributed by atoms with Crippen LogP contribution in [0.3, 0.4) is 0 Å². The van der Waals surface area contributed by atoms with E-state index in [4.69, 9.17) is 18.7 Å². The van der Waals surface area contributed by atoms with Crippen LogP contribution in [0.4, 0.5) is 0 Å². The van der Waals surface area contributed by atoms with Crippen LogP contribution >= 0.6 is 0 Å². The molecule has 0 aliphatic rings. The van der Waals surface area contributed by atoms with Gasteiger partial charge in [0.05, 0.1) is 30.8 Å². The molecule has 90 valence electrons. The van der Waals surface area contributed by atoms with Crippen molar-refractivity contribution in [2.75, 3.05) is 33.4 Å². The van der Waals surface area contributed by atoms with Crippen LogP contribution in [0.25, 0.3) is 0 Å². The lowest BCUT2D eigenvalue weighted by Gasteiger charge is -2.24. The van der Waals surface area contributed by atoms with Crippen LogP contribution < -0.4 is 5.73 Å². The summed E-state index contributed by atoms with van der Waals surface area (Å²) >= 11 is 0. The molecule has 0 bridgehead atoms. The highest BCUT2D eigenvalue weighted by Gasteiger charge is 2.21. The first-order valence-corrected chi connectivity index (χ1v) is 5.97. The van der Waals surface area contributed by atoms with Crippen molar-refractivity contribution in [1.29, 1.82) is 0 Å². The number of likely N-dealkylation sites (N-methyl/N-ethyl adjacent to an activating group) is 1. The smallest absolute Gasteiger partial charge is 0.337 e. The maximum Gasteiger partial charge on any atom is 0.337 e. The minimum atomic E-state index is -3.92. The number of carbonyl (C=O) groups is 1. The van der Waals surface area contributed by atoms with E-state index in [1.807, 2.05) is 14.1 Å². The summed E-state index contributed by atoms with van der Waals surface area (Å²) in [7, 11) is -0.284. The predicted molar refractivity (Wildman–Crippen MR) is 56.9 cm³/mol. The molecule has 0 aliphatic heterocycles. The standard InChI is InChI=1S/C7H15N2O.CH4O3S/c1-4-7(10)9(2,3)6-5-8;1-5(2,3)4/h4H,1,5-6,8H2,2-3H3;1H3,(H,2,3,4)/q+1;/p-1. The molecule has 0 fully saturated rings. The van der Waals surface area contributed by atoms with E-state index >= 15 is 0 Å². The van der Waals surface area contributed by atoms with E-state index in [-0.39, 0.29) is 5.91 Å². The summed E-state index contributed by atoms with van der Waals surface area (Å²) in [5.74, 6) is 0.00505. The van der Waals surface area contributed by atoms with E-state index in [1.165, 1.54) is 6.08 Å². The average molecular weight is 238 g/mol. The molecule has 6 nitrogen and oxygen atoms in total. The van der Waals surface area contributed by atoms with Gasteiger partial charge in [-0.25, -0.2) is 13.2 Å². The number of nitrogens with zero attached hydrogens (tertiary/aromatic N) is 1. The molecule has 0 spiro atoms. The van der Waals surface area contributed by atoms with Crippen molar-refractivity contribution in [2.45, 2.75) is 0 Å². The fraction of sp³-hybridized carbons (Fsp3) is 0.625. The van der Waals surface area contributed by atoms with Crippen molar-refractivity contribution in [2.24, 2.45) is 5.73 Å². The van der Waals surface area contributed by atoms with Crippen molar-refractivity contribution < 1.29 is 22.2 Å². The lowest BCUT2D eigenvalue weighted by Crippen LogP contribution is -2.47. The van der Waals surface area contributed by atoms with Gasteiger partial charge in [-0.1, -0.05) is 6.58 Å². The fourth-order valence-electron chi connectivity index (χ4n) is 0.680. The van der Waals surface area contributed by atoms with Gasteiger partial charge in [0.25, 0.3) is 0 Å². The Morgan fingerprint density at radius 1 is 1.53 bits per heavy atom. The Balaban J connectivity index is 0. The Morgan fingerprint density at radius 2 is 1.87 bits per heavy atom. The molecule has 0 heterocycles. The molecule has 0 atom stereocenters. The van der Waals surface area contributed by atoms with Crippen molar-refractivity contribution in [3.63, 3.8) is 0 Å². The zero-order chi connectivity index (χ0) is 12.7. The zero-order valence-electron chi connectivity index (χ0n) is 9.26. The van der Waals surface area contributed by atoms with Crippen LogP contribution in [0.15, 0.2) is 12.7 Å². The molecule has 7 heteroatoms. The molecular weight excluding hydrogens is 220 g/mol. The van der Waals surface area contributed by atoms with Gasteiger partial charge in [-0.05, 0) is 0 Å². The van der Waals surface area contributed by atoms with Crippen molar-refractivity contribution in [1.82, 2.24) is 0 Å². The van der Waals surface area contributed by atoms with Crippen LogP contribution in [-0.4, -0.2) is 56.8 Å². The van der Waals surface area contributed by atoms with Gasteiger partial charge in [0.15, 0.2) is 0 Å². The molecule has 0 unspecified atom stereocenters. The topological polar surface area (TPSA) is 100 Å². The minimum absolute atomic E-state index is 0.00505. The number of carbonyl (C=O) groups excluding carboxylic acids is 1. The normalized spacial score (nSPS) is 11.3. The van der Waals surface area contributed by atoms with Gasteiger partial charge in [-0.3, -0.25) is 4.48 Å². The largest absolute Gasteiger partial charge is 0.748 e. The zero-order valence-corrected chi connectivity index (χ0v) is 10.1. The van der Waals surface area contributed by atoms with Crippen molar-refractivity contribution in [3.8, 4) is 0 Å². The summed E-state index contributed by atoms with van der Waals surface area (Å²) in [5.41, 5.74) is 5.30. The molecule has 1 amide bonds. The Kier molecular flexibility index (Phi) is 7.41. The Labute approximate surface area is 90.7 Å². The predicted octanol–water partition coefficient (Wildman–Crippen LogP) is -1.10. The fourth-order valence-corrected chi connectivity index (χ4v) is 0.680. The SMILES string of the molecule is C=CC(=O)[N+](C)(C)CCN.CS(=O)(=O)[O-]. The summed E-state index contributed by atoms with van der Waals surface area (Å²) < 4.78 is 27.5. The number of amides is 1. The molecule has 0 aromatic rings. The summed E-state index contributed by atoms with van der Waals surface area (Å²) in [6.45, 7) is 4.58. The van der Waals surface area contributed by atoms with Gasteiger partial charge in [0.1, 0.15) is 0 Å². The lowest BCUT2D eigenvalue weighted by molar-refractivity contribution is -0.809. The van der Waals surface area contributed by atoms with Crippen molar-refractivity contribution in [3.05, 3.63) is 12.7 Å². The highest BCUT2D eigenvalue weighted by molar-refractivity contribution is 7.84. The first-order chi connectivity index (χ1) is 6.54. The maximum atomic E-state index is 11.0. The van der Waals surface area contributed by atoms with Gasteiger partial charge >= 0.3 is 5.91 Å². The minimum Gasteiger partial charge on any atom is -0.748 e. The number of nitrogens with two attached hydrogens (primary N) is 1. The van der Waals surface area contributed by atoms with E-state index in [9.17, 15) is 4.79 Å². The first kappa shape index (κ1) is 16.7. The number of hydrogen-bond acceptors (Lipinski definition) is 5. The third-order valence-corrected chi connectivity index (χ3v) is 1.46. The lowest BCUT2D eigenvalue weighted by atomic mass is 10.4. The first-order valence-electron chi connectivity index (χ1n) is 4.15. The van der Waals surface area contributed by atoms with Gasteiger partial charge in [-0.2, -0.15) is 0 Å². The second-order valence-electron chi connectivity index (χ2n) is 3.44. The molecular formula is C8H18N2O4S. The van der Waals surface area contributed by atoms with Gasteiger partial charge in [0, 0.05) is 18.9 Å². The molecule has 15 heavy (non-hydrogen) atoms. The van der Waals surface area contributed by atoms with Gasteiger partial charge < -0.3 is 10.3 Å². The molecule has 0 aromatic carbocycles. The Bertz CT molecular complexity index is 301. The summed E-state index contributed by atoms with van der Waals surface area (Å²) in [6, 6.07) is 0. The second kappa shape index (κ2) is 6.67. The van der Waals surface area contributed by atoms with Crippen LogP contribution in [0.5, 0.6) is 0 Å². The molecule has 0 saturated heterocycles. The highest BCUT2D eigenvalue weighted by atomic mass is 32.2. The van der Waals surface area contributed by atoms with Gasteiger partial charge in [0.2, 0.25) is 0 Å². The summed E-state index contributed by atoms with van der Waals surface area (Å²) in [5, 5.41) is 0. The van der Waals surface area contributed by atoms with Crippen LogP contribution in [-0.2, 0) is 14.9 Å². The van der Waals surface area contributed by atoms with Gasteiger partial charge in [-0.15, -0.1) is 0 Å². The van der Waals surface area contributed by atoms with E-state index in [0.717, 1.165) is 0 Å². The molecule has 0 radical (unpaired) electrons. The molecule has 2 N–H and O–H groups in total. The molecule has 0 aromatic heterocycles. The third-order valence-electron chi connectivity index (χ3n) is 1.46. The third kappa shape index (κ3) is 13.2.